The number of esters is 2. The van der Waals surface area contributed by atoms with E-state index in [1.807, 2.05) is 27.7 Å². The molecule has 1 amide bonds. The zero-order chi connectivity index (χ0) is 23.2. The molecule has 0 rings (SSSR count). The van der Waals surface area contributed by atoms with Crippen LogP contribution in [0, 0.1) is 0 Å². The Hall–Kier alpha value is -2.16. The molecule has 172 valence electrons. The van der Waals surface area contributed by atoms with Gasteiger partial charge in [-0.05, 0) is 45.6 Å². The molecule has 0 radical (unpaired) electrons. The number of unbranched alkanes of at least 4 members (excludes halogenated alkanes) is 2. The molecule has 4 N–H and O–H groups in total. The van der Waals surface area contributed by atoms with Crippen molar-refractivity contribution in [2.24, 2.45) is 5.73 Å². The Labute approximate surface area is 174 Å². The van der Waals surface area contributed by atoms with Gasteiger partial charge < -0.3 is 25.6 Å². The van der Waals surface area contributed by atoms with Gasteiger partial charge in [-0.2, -0.15) is 0 Å². The highest BCUT2D eigenvalue weighted by atomic mass is 16.5. The average Bonchev–Trinajstić information content (AvgIpc) is 2.61. The first-order valence-electron chi connectivity index (χ1n) is 9.86. The van der Waals surface area contributed by atoms with Crippen LogP contribution in [-0.4, -0.2) is 55.2 Å². The van der Waals surface area contributed by atoms with Crippen LogP contribution in [0.5, 0.6) is 0 Å². The second-order valence-electron chi connectivity index (χ2n) is 6.93. The van der Waals surface area contributed by atoms with Crippen molar-refractivity contribution in [3.05, 3.63) is 0 Å². The number of nitrogens with two attached hydrogens (primary N) is 1. The maximum absolute atomic E-state index is 11.1. The number of ether oxygens (including phenoxy) is 2. The Morgan fingerprint density at radius 2 is 1.14 bits per heavy atom. The van der Waals surface area contributed by atoms with E-state index in [0.717, 1.165) is 6.42 Å². The van der Waals surface area contributed by atoms with Gasteiger partial charge in [0.1, 0.15) is 0 Å². The number of rotatable bonds is 11. The summed E-state index contributed by atoms with van der Waals surface area (Å²) in [5.74, 6) is -1.27. The fraction of sp³-hybridized carbons (Fsp3) is 0.800. The lowest BCUT2D eigenvalue weighted by Gasteiger charge is -2.07. The SMILES string of the molecule is CC(C)N.COC(=O)CCCCC(=O)NC(C)C.COC(=O)CCCCC(=O)O. The second-order valence-corrected chi connectivity index (χ2v) is 6.93. The fourth-order valence-electron chi connectivity index (χ4n) is 1.70. The number of hydrogen-bond acceptors (Lipinski definition) is 7. The molecule has 0 aliphatic heterocycles. The predicted molar refractivity (Wildman–Crippen MR) is 111 cm³/mol. The summed E-state index contributed by atoms with van der Waals surface area (Å²) in [5.41, 5.74) is 5.11. The number of amides is 1. The first kappa shape index (κ1) is 31.5. The summed E-state index contributed by atoms with van der Waals surface area (Å²) in [4.78, 5) is 42.3. The smallest absolute Gasteiger partial charge is 0.305 e. The topological polar surface area (TPSA) is 145 Å². The lowest BCUT2D eigenvalue weighted by molar-refractivity contribution is -0.141. The highest BCUT2D eigenvalue weighted by molar-refractivity contribution is 5.76. The van der Waals surface area contributed by atoms with Crippen LogP contribution in [0.3, 0.4) is 0 Å². The summed E-state index contributed by atoms with van der Waals surface area (Å²) < 4.78 is 8.85. The maximum Gasteiger partial charge on any atom is 0.305 e. The zero-order valence-corrected chi connectivity index (χ0v) is 18.8. The first-order chi connectivity index (χ1) is 13.5. The largest absolute Gasteiger partial charge is 0.481 e. The molecule has 9 nitrogen and oxygen atoms in total. The van der Waals surface area contributed by atoms with E-state index < -0.39 is 5.97 Å². The number of nitrogens with one attached hydrogen (secondary N) is 1. The minimum Gasteiger partial charge on any atom is -0.481 e. The molecule has 0 spiro atoms. The van der Waals surface area contributed by atoms with Gasteiger partial charge in [0, 0.05) is 31.7 Å². The molecular weight excluding hydrogens is 380 g/mol. The van der Waals surface area contributed by atoms with Crippen molar-refractivity contribution >= 4 is 23.8 Å². The van der Waals surface area contributed by atoms with Gasteiger partial charge >= 0.3 is 17.9 Å². The molecule has 0 atom stereocenters. The van der Waals surface area contributed by atoms with Crippen LogP contribution in [0.15, 0.2) is 0 Å². The van der Waals surface area contributed by atoms with E-state index >= 15 is 0 Å². The number of carbonyl (C=O) groups excluding carboxylic acids is 3. The van der Waals surface area contributed by atoms with Crippen LogP contribution < -0.4 is 11.1 Å². The van der Waals surface area contributed by atoms with Crippen LogP contribution >= 0.6 is 0 Å². The van der Waals surface area contributed by atoms with Gasteiger partial charge in [0.2, 0.25) is 5.91 Å². The number of methoxy groups -OCH3 is 2. The third-order valence-corrected chi connectivity index (χ3v) is 2.96. The van der Waals surface area contributed by atoms with Gasteiger partial charge in [-0.25, -0.2) is 0 Å². The minimum atomic E-state index is -0.824. The van der Waals surface area contributed by atoms with Gasteiger partial charge in [-0.15, -0.1) is 0 Å². The van der Waals surface area contributed by atoms with Crippen molar-refractivity contribution in [2.45, 2.75) is 91.1 Å². The molecular formula is C20H40N2O7. The highest BCUT2D eigenvalue weighted by Crippen LogP contribution is 2.01. The molecule has 29 heavy (non-hydrogen) atoms. The molecule has 0 fully saturated rings. The molecule has 9 heteroatoms. The molecule has 0 aromatic heterocycles. The fourth-order valence-corrected chi connectivity index (χ4v) is 1.70. The van der Waals surface area contributed by atoms with Crippen LogP contribution in [0.2, 0.25) is 0 Å². The van der Waals surface area contributed by atoms with Gasteiger partial charge in [-0.1, -0.05) is 13.8 Å². The van der Waals surface area contributed by atoms with E-state index in [-0.39, 0.29) is 30.3 Å². The number of carbonyl (C=O) groups is 4. The van der Waals surface area contributed by atoms with Gasteiger partial charge in [0.05, 0.1) is 14.2 Å². The van der Waals surface area contributed by atoms with Crippen molar-refractivity contribution in [1.29, 1.82) is 0 Å². The lowest BCUT2D eigenvalue weighted by Crippen LogP contribution is -2.29. The van der Waals surface area contributed by atoms with Crippen LogP contribution in [0.4, 0.5) is 0 Å². The molecule has 0 aromatic carbocycles. The molecule has 0 heterocycles. The Morgan fingerprint density at radius 1 is 0.793 bits per heavy atom. The van der Waals surface area contributed by atoms with Crippen LogP contribution in [0.25, 0.3) is 0 Å². The zero-order valence-electron chi connectivity index (χ0n) is 18.8. The van der Waals surface area contributed by atoms with Crippen molar-refractivity contribution in [1.82, 2.24) is 5.32 Å². The summed E-state index contributed by atoms with van der Waals surface area (Å²) in [6.45, 7) is 7.73. The summed E-state index contributed by atoms with van der Waals surface area (Å²) in [5, 5.41) is 11.0. The molecule has 0 unspecified atom stereocenters. The molecule has 0 aromatic rings. The summed E-state index contributed by atoms with van der Waals surface area (Å²) in [6, 6.07) is 0.517. The van der Waals surface area contributed by atoms with Crippen LogP contribution in [-0.2, 0) is 28.7 Å². The van der Waals surface area contributed by atoms with E-state index in [1.165, 1.54) is 14.2 Å². The molecule has 0 saturated heterocycles. The normalized spacial score (nSPS) is 9.55. The second kappa shape index (κ2) is 22.1. The Morgan fingerprint density at radius 3 is 1.45 bits per heavy atom. The number of carboxylic acid groups (broad SMARTS) is 1. The summed E-state index contributed by atoms with van der Waals surface area (Å²) in [6.07, 6.45) is 3.86. The summed E-state index contributed by atoms with van der Waals surface area (Å²) in [7, 11) is 2.69. The molecule has 0 aliphatic rings. The predicted octanol–water partition coefficient (Wildman–Crippen LogP) is 2.40. The monoisotopic (exact) mass is 420 g/mol. The Kier molecular flexibility index (Phi) is 24.1. The van der Waals surface area contributed by atoms with E-state index in [4.69, 9.17) is 10.8 Å². The number of aliphatic carboxylic acids is 1. The van der Waals surface area contributed by atoms with Gasteiger partial charge in [-0.3, -0.25) is 19.2 Å². The van der Waals surface area contributed by atoms with Gasteiger partial charge in [0.15, 0.2) is 0 Å². The maximum atomic E-state index is 11.1. The quantitative estimate of drug-likeness (QED) is 0.341. The van der Waals surface area contributed by atoms with Crippen molar-refractivity contribution in [2.75, 3.05) is 14.2 Å². The first-order valence-corrected chi connectivity index (χ1v) is 9.86. The Bertz CT molecular complexity index is 449. The van der Waals surface area contributed by atoms with Crippen molar-refractivity contribution < 1.29 is 33.8 Å². The highest BCUT2D eigenvalue weighted by Gasteiger charge is 2.04. The van der Waals surface area contributed by atoms with E-state index in [0.29, 0.717) is 44.6 Å². The van der Waals surface area contributed by atoms with E-state index in [1.54, 1.807) is 0 Å². The average molecular weight is 421 g/mol. The number of carboxylic acids is 1. The van der Waals surface area contributed by atoms with Crippen molar-refractivity contribution in [3.8, 4) is 0 Å². The standard InChI is InChI=1S/C10H19NO3.C7H12O4.C3H9N/c1-8(2)11-9(12)6-4-5-7-10(13)14-3;1-11-7(10)5-3-2-4-6(8)9;1-3(2)4/h8H,4-7H2,1-3H3,(H,11,12);2-5H2,1H3,(H,8,9);3H,4H2,1-2H3. The van der Waals surface area contributed by atoms with Crippen molar-refractivity contribution in [3.63, 3.8) is 0 Å². The molecule has 0 bridgehead atoms. The molecule has 0 saturated carbocycles. The van der Waals surface area contributed by atoms with Gasteiger partial charge in [0.25, 0.3) is 0 Å². The number of hydrogen-bond donors (Lipinski definition) is 3. The van der Waals surface area contributed by atoms with E-state index in [9.17, 15) is 19.2 Å². The lowest BCUT2D eigenvalue weighted by atomic mass is 10.2. The van der Waals surface area contributed by atoms with Crippen LogP contribution in [0.1, 0.15) is 79.1 Å². The van der Waals surface area contributed by atoms with E-state index in [2.05, 4.69) is 14.8 Å². The minimum absolute atomic E-state index is 0.0462. The Balaban J connectivity index is -0.000000401. The molecule has 0 aliphatic carbocycles. The third kappa shape index (κ3) is 37.3. The third-order valence-electron chi connectivity index (χ3n) is 2.96. The summed E-state index contributed by atoms with van der Waals surface area (Å²) >= 11 is 0.